The van der Waals surface area contributed by atoms with Crippen molar-refractivity contribution in [1.82, 2.24) is 15.1 Å². The van der Waals surface area contributed by atoms with Crippen molar-refractivity contribution in [1.29, 1.82) is 0 Å². The van der Waals surface area contributed by atoms with Gasteiger partial charge in [-0.3, -0.25) is 9.59 Å². The third-order valence-corrected chi connectivity index (χ3v) is 4.69. The van der Waals surface area contributed by atoms with Gasteiger partial charge < -0.3 is 15.1 Å². The summed E-state index contributed by atoms with van der Waals surface area (Å²) in [6, 6.07) is 3.57. The maximum atomic E-state index is 12.2. The average molecular weight is 348 g/mol. The molecule has 0 saturated carbocycles. The Morgan fingerprint density at radius 2 is 2.25 bits per heavy atom. The van der Waals surface area contributed by atoms with Crippen LogP contribution in [0.1, 0.15) is 30.9 Å². The highest BCUT2D eigenvalue weighted by Gasteiger charge is 2.25. The molecule has 0 spiro atoms. The first-order chi connectivity index (χ1) is 11.5. The summed E-state index contributed by atoms with van der Waals surface area (Å²) in [5.41, 5.74) is 1.96. The van der Waals surface area contributed by atoms with Crippen LogP contribution in [0.4, 0.5) is 5.82 Å². The lowest BCUT2D eigenvalue weighted by atomic mass is 10.2. The quantitative estimate of drug-likeness (QED) is 0.835. The Morgan fingerprint density at radius 1 is 1.42 bits per heavy atom. The lowest BCUT2D eigenvalue weighted by molar-refractivity contribution is -0.122. The molecule has 0 bridgehead atoms. The molecule has 0 aromatic carbocycles. The molecule has 128 valence electrons. The van der Waals surface area contributed by atoms with E-state index in [1.54, 1.807) is 34.8 Å². The molecule has 2 aromatic rings. The Bertz CT molecular complexity index is 737. The van der Waals surface area contributed by atoms with Crippen LogP contribution < -0.4 is 10.6 Å². The van der Waals surface area contributed by atoms with Crippen LogP contribution in [0.25, 0.3) is 0 Å². The minimum absolute atomic E-state index is 0.0616. The lowest BCUT2D eigenvalue weighted by Crippen LogP contribution is -2.29. The van der Waals surface area contributed by atoms with Gasteiger partial charge in [0.05, 0.1) is 18.5 Å². The largest absolute Gasteiger partial charge is 0.467 e. The van der Waals surface area contributed by atoms with E-state index in [0.29, 0.717) is 18.1 Å². The van der Waals surface area contributed by atoms with E-state index in [0.717, 1.165) is 22.8 Å². The predicted molar refractivity (Wildman–Crippen MR) is 91.2 cm³/mol. The molecule has 3 heterocycles. The molecule has 0 radical (unpaired) electrons. The fraction of sp³-hybridized carbons (Fsp3) is 0.438. The second kappa shape index (κ2) is 7.12. The molecular weight excluding hydrogens is 328 g/mol. The molecule has 1 aliphatic rings. The molecule has 0 fully saturated rings. The zero-order chi connectivity index (χ0) is 17.1. The molecule has 3 rings (SSSR count). The lowest BCUT2D eigenvalue weighted by Gasteiger charge is -2.12. The van der Waals surface area contributed by atoms with Gasteiger partial charge in [-0.25, -0.2) is 4.68 Å². The van der Waals surface area contributed by atoms with Gasteiger partial charge >= 0.3 is 0 Å². The van der Waals surface area contributed by atoms with E-state index in [1.165, 1.54) is 0 Å². The van der Waals surface area contributed by atoms with Crippen molar-refractivity contribution in [3.8, 4) is 0 Å². The average Bonchev–Trinajstić information content (AvgIpc) is 3.25. The van der Waals surface area contributed by atoms with Gasteiger partial charge in [0.2, 0.25) is 11.8 Å². The number of carbonyl (C=O) groups excluding carboxylic acids is 2. The van der Waals surface area contributed by atoms with E-state index in [-0.39, 0.29) is 24.3 Å². The van der Waals surface area contributed by atoms with Crippen LogP contribution in [0, 0.1) is 5.92 Å². The van der Waals surface area contributed by atoms with Gasteiger partial charge in [-0.2, -0.15) is 16.9 Å². The second-order valence-electron chi connectivity index (χ2n) is 5.92. The van der Waals surface area contributed by atoms with E-state index >= 15 is 0 Å². The SMILES string of the molecule is CC(C)C(=O)Nc1c2c(nn1CC(=O)NCc1ccco1)CSC2. The number of thioether (sulfide) groups is 1. The van der Waals surface area contributed by atoms with Crippen LogP contribution in [0.2, 0.25) is 0 Å². The molecule has 1 aliphatic heterocycles. The number of rotatable bonds is 6. The van der Waals surface area contributed by atoms with Crippen LogP contribution in [-0.4, -0.2) is 21.6 Å². The van der Waals surface area contributed by atoms with E-state index in [1.807, 2.05) is 13.8 Å². The maximum absolute atomic E-state index is 12.2. The highest BCUT2D eigenvalue weighted by atomic mass is 32.2. The molecule has 0 aliphatic carbocycles. The summed E-state index contributed by atoms with van der Waals surface area (Å²) in [7, 11) is 0. The van der Waals surface area contributed by atoms with E-state index < -0.39 is 0 Å². The Hall–Kier alpha value is -2.22. The molecule has 0 atom stereocenters. The van der Waals surface area contributed by atoms with Gasteiger partial charge in [-0.05, 0) is 12.1 Å². The first-order valence-electron chi connectivity index (χ1n) is 7.81. The Labute approximate surface area is 144 Å². The number of anilines is 1. The number of aromatic nitrogens is 2. The summed E-state index contributed by atoms with van der Waals surface area (Å²) in [6.07, 6.45) is 1.57. The number of hydrogen-bond donors (Lipinski definition) is 2. The second-order valence-corrected chi connectivity index (χ2v) is 6.91. The summed E-state index contributed by atoms with van der Waals surface area (Å²) in [4.78, 5) is 24.2. The number of carbonyl (C=O) groups is 2. The number of fused-ring (bicyclic) bond motifs is 1. The van der Waals surface area contributed by atoms with Crippen molar-refractivity contribution < 1.29 is 14.0 Å². The Balaban J connectivity index is 1.70. The van der Waals surface area contributed by atoms with Crippen molar-refractivity contribution >= 4 is 29.4 Å². The zero-order valence-corrected chi connectivity index (χ0v) is 14.5. The van der Waals surface area contributed by atoms with Crippen LogP contribution in [0.15, 0.2) is 22.8 Å². The molecule has 7 nitrogen and oxygen atoms in total. The summed E-state index contributed by atoms with van der Waals surface area (Å²) < 4.78 is 6.78. The van der Waals surface area contributed by atoms with Gasteiger partial charge in [-0.1, -0.05) is 13.8 Å². The summed E-state index contributed by atoms with van der Waals surface area (Å²) in [5.74, 6) is 2.55. The molecule has 2 N–H and O–H groups in total. The molecule has 0 unspecified atom stereocenters. The van der Waals surface area contributed by atoms with E-state index in [9.17, 15) is 9.59 Å². The first kappa shape index (κ1) is 16.6. The Morgan fingerprint density at radius 3 is 2.96 bits per heavy atom. The highest BCUT2D eigenvalue weighted by Crippen LogP contribution is 2.34. The van der Waals surface area contributed by atoms with Crippen LogP contribution in [0.3, 0.4) is 0 Å². The minimum atomic E-state index is -0.180. The monoisotopic (exact) mass is 348 g/mol. The summed E-state index contributed by atoms with van der Waals surface area (Å²) in [5, 5.41) is 10.2. The number of furan rings is 1. The Kier molecular flexibility index (Phi) is 4.94. The van der Waals surface area contributed by atoms with E-state index in [2.05, 4.69) is 15.7 Å². The van der Waals surface area contributed by atoms with Crippen molar-refractivity contribution in [2.45, 2.75) is 38.4 Å². The topological polar surface area (TPSA) is 89.2 Å². The van der Waals surface area contributed by atoms with E-state index in [4.69, 9.17) is 4.42 Å². The first-order valence-corrected chi connectivity index (χ1v) is 8.96. The van der Waals surface area contributed by atoms with Gasteiger partial charge in [0, 0.05) is 23.0 Å². The summed E-state index contributed by atoms with van der Waals surface area (Å²) in [6.45, 7) is 4.06. The van der Waals surface area contributed by atoms with Crippen LogP contribution >= 0.6 is 11.8 Å². The van der Waals surface area contributed by atoms with Crippen molar-refractivity contribution in [3.63, 3.8) is 0 Å². The normalized spacial score (nSPS) is 13.1. The summed E-state index contributed by atoms with van der Waals surface area (Å²) >= 11 is 1.76. The highest BCUT2D eigenvalue weighted by molar-refractivity contribution is 7.98. The smallest absolute Gasteiger partial charge is 0.242 e. The van der Waals surface area contributed by atoms with Crippen LogP contribution in [0.5, 0.6) is 0 Å². The molecular formula is C16H20N4O3S. The predicted octanol–water partition coefficient (Wildman–Crippen LogP) is 2.13. The standard InChI is InChI=1S/C16H20N4O3S/c1-10(2)16(22)18-15-12-8-24-9-13(12)19-20(15)7-14(21)17-6-11-4-3-5-23-11/h3-5,10H,6-9H2,1-2H3,(H,17,21)(H,18,22). The molecule has 24 heavy (non-hydrogen) atoms. The van der Waals surface area contributed by atoms with Crippen LogP contribution in [-0.2, 0) is 34.2 Å². The minimum Gasteiger partial charge on any atom is -0.467 e. The number of nitrogens with one attached hydrogen (secondary N) is 2. The van der Waals surface area contributed by atoms with Gasteiger partial charge in [-0.15, -0.1) is 0 Å². The number of amides is 2. The van der Waals surface area contributed by atoms with Gasteiger partial charge in [0.15, 0.2) is 0 Å². The van der Waals surface area contributed by atoms with Crippen molar-refractivity contribution in [2.24, 2.45) is 5.92 Å². The third-order valence-electron chi connectivity index (χ3n) is 3.72. The molecule has 8 heteroatoms. The molecule has 2 amide bonds. The number of nitrogens with zero attached hydrogens (tertiary/aromatic N) is 2. The fourth-order valence-corrected chi connectivity index (χ4v) is 3.41. The van der Waals surface area contributed by atoms with Crippen molar-refractivity contribution in [3.05, 3.63) is 35.4 Å². The van der Waals surface area contributed by atoms with Gasteiger partial charge in [0.25, 0.3) is 0 Å². The third kappa shape index (κ3) is 3.64. The number of hydrogen-bond acceptors (Lipinski definition) is 5. The fourth-order valence-electron chi connectivity index (χ4n) is 2.37. The zero-order valence-electron chi connectivity index (χ0n) is 13.7. The molecule has 0 saturated heterocycles. The molecule has 2 aromatic heterocycles. The maximum Gasteiger partial charge on any atom is 0.242 e. The van der Waals surface area contributed by atoms with Gasteiger partial charge in [0.1, 0.15) is 18.1 Å². The van der Waals surface area contributed by atoms with Crippen molar-refractivity contribution in [2.75, 3.05) is 5.32 Å².